The molecule has 2 aromatic rings. The van der Waals surface area contributed by atoms with E-state index in [0.717, 1.165) is 19.3 Å². The number of rotatable bonds is 6. The normalized spacial score (nSPS) is 23.5. The largest absolute Gasteiger partial charge is 0.490 e. The summed E-state index contributed by atoms with van der Waals surface area (Å²) in [6, 6.07) is 11.3. The zero-order valence-corrected chi connectivity index (χ0v) is 20.9. The van der Waals surface area contributed by atoms with Crippen LogP contribution in [0.1, 0.15) is 54.4 Å². The Morgan fingerprint density at radius 3 is 2.68 bits per heavy atom. The number of hydrogen-bond acceptors (Lipinski definition) is 5. The minimum atomic E-state index is -0.391. The quantitative estimate of drug-likeness (QED) is 0.620. The van der Waals surface area contributed by atoms with Gasteiger partial charge in [0.25, 0.3) is 5.91 Å². The number of hydrogen-bond donors (Lipinski definition) is 2. The van der Waals surface area contributed by atoms with Crippen molar-refractivity contribution >= 4 is 23.4 Å². The lowest BCUT2D eigenvalue weighted by atomic mass is 9.85. The van der Waals surface area contributed by atoms with Crippen molar-refractivity contribution in [3.63, 3.8) is 0 Å². The summed E-state index contributed by atoms with van der Waals surface area (Å²) in [6.07, 6.45) is 3.58. The Labute approximate surface area is 215 Å². The average molecular weight is 510 g/mol. The van der Waals surface area contributed by atoms with Gasteiger partial charge < -0.3 is 25.0 Å². The van der Waals surface area contributed by atoms with Crippen LogP contribution >= 0.6 is 0 Å². The first-order chi connectivity index (χ1) is 17.9. The van der Waals surface area contributed by atoms with Crippen molar-refractivity contribution in [2.24, 2.45) is 5.92 Å². The number of ether oxygens (including phenoxy) is 2. The van der Waals surface area contributed by atoms with Gasteiger partial charge in [0, 0.05) is 30.8 Å². The highest BCUT2D eigenvalue weighted by Gasteiger charge is 2.39. The van der Waals surface area contributed by atoms with E-state index < -0.39 is 6.10 Å². The maximum absolute atomic E-state index is 13.8. The highest BCUT2D eigenvalue weighted by molar-refractivity contribution is 6.00. The molecular weight excluding hydrogens is 477 g/mol. The van der Waals surface area contributed by atoms with E-state index in [1.54, 1.807) is 48.3 Å². The first kappa shape index (κ1) is 25.2. The molecule has 2 fully saturated rings. The van der Waals surface area contributed by atoms with Crippen LogP contribution in [-0.2, 0) is 20.9 Å². The summed E-state index contributed by atoms with van der Waals surface area (Å²) >= 11 is 0. The Hall–Kier alpha value is -3.46. The number of nitrogens with zero attached hydrogens (tertiary/aromatic N) is 1. The molecule has 0 spiro atoms. The Kier molecular flexibility index (Phi) is 7.41. The summed E-state index contributed by atoms with van der Waals surface area (Å²) in [4.78, 5) is 39.9. The van der Waals surface area contributed by atoms with E-state index in [4.69, 9.17) is 9.47 Å². The second-order valence-electron chi connectivity index (χ2n) is 10.1. The summed E-state index contributed by atoms with van der Waals surface area (Å²) in [5.74, 6) is -0.300. The second-order valence-corrected chi connectivity index (χ2v) is 10.1. The van der Waals surface area contributed by atoms with E-state index in [9.17, 15) is 18.8 Å². The number of fused-ring (bicyclic) bond motifs is 2. The van der Waals surface area contributed by atoms with Gasteiger partial charge >= 0.3 is 0 Å². The zero-order valence-electron chi connectivity index (χ0n) is 20.9. The molecule has 5 rings (SSSR count). The predicted molar refractivity (Wildman–Crippen MR) is 135 cm³/mol. The molecule has 1 aliphatic carbocycles. The van der Waals surface area contributed by atoms with E-state index in [2.05, 4.69) is 10.6 Å². The van der Waals surface area contributed by atoms with Gasteiger partial charge in [0.1, 0.15) is 24.3 Å². The van der Waals surface area contributed by atoms with Crippen LogP contribution < -0.4 is 15.4 Å². The van der Waals surface area contributed by atoms with E-state index in [0.29, 0.717) is 35.4 Å². The van der Waals surface area contributed by atoms with Crippen molar-refractivity contribution in [3.8, 4) is 5.75 Å². The zero-order chi connectivity index (χ0) is 25.9. The molecule has 3 aliphatic rings. The Balaban J connectivity index is 1.20. The van der Waals surface area contributed by atoms with Gasteiger partial charge in [0.2, 0.25) is 11.8 Å². The summed E-state index contributed by atoms with van der Waals surface area (Å²) in [5.41, 5.74) is 1.42. The summed E-state index contributed by atoms with van der Waals surface area (Å²) in [6.45, 7) is 0.348. The molecule has 3 amide bonds. The number of carbonyl (C=O) groups excluding carboxylic acids is 3. The van der Waals surface area contributed by atoms with Crippen LogP contribution in [0.2, 0.25) is 0 Å². The van der Waals surface area contributed by atoms with Crippen LogP contribution in [0, 0.1) is 11.7 Å². The third-order valence-electron chi connectivity index (χ3n) is 7.60. The number of carbonyl (C=O) groups is 3. The molecule has 1 saturated carbocycles. The summed E-state index contributed by atoms with van der Waals surface area (Å²) in [5, 5.41) is 5.68. The number of anilines is 1. The van der Waals surface area contributed by atoms with Gasteiger partial charge in [-0.2, -0.15) is 0 Å². The molecule has 37 heavy (non-hydrogen) atoms. The number of benzene rings is 2. The molecule has 9 heteroatoms. The minimum absolute atomic E-state index is 0.0107. The van der Waals surface area contributed by atoms with Crippen LogP contribution in [0.5, 0.6) is 5.75 Å². The van der Waals surface area contributed by atoms with Gasteiger partial charge in [0.05, 0.1) is 24.1 Å². The van der Waals surface area contributed by atoms with Gasteiger partial charge in [-0.05, 0) is 49.9 Å². The van der Waals surface area contributed by atoms with Gasteiger partial charge in [-0.3, -0.25) is 14.4 Å². The van der Waals surface area contributed by atoms with Crippen LogP contribution in [0.25, 0.3) is 0 Å². The molecule has 196 valence electrons. The first-order valence-corrected chi connectivity index (χ1v) is 12.9. The average Bonchev–Trinajstić information content (AvgIpc) is 2.85. The standard InChI is InChI=1S/C28H32FN3O5/c1-32-23-11-10-20(14-26(33)30-15-18-5-2-3-8-22(18)29)37-25(23)16-36-24-12-9-19(13-21(24)28(32)35)31-27(34)17-6-4-7-17/h2-3,5,8-9,12-13,17,20,23,25H,4,6-7,10-11,14-16H2,1H3,(H,30,33)(H,31,34)/t20-,23-,25-/m1/s1. The Morgan fingerprint density at radius 1 is 1.11 bits per heavy atom. The van der Waals surface area contributed by atoms with Crippen LogP contribution in [0.3, 0.4) is 0 Å². The fourth-order valence-corrected chi connectivity index (χ4v) is 5.13. The third-order valence-corrected chi connectivity index (χ3v) is 7.60. The molecule has 2 heterocycles. The molecule has 1 saturated heterocycles. The molecule has 8 nitrogen and oxygen atoms in total. The van der Waals surface area contributed by atoms with Gasteiger partial charge in [-0.1, -0.05) is 24.6 Å². The molecule has 0 aromatic heterocycles. The smallest absolute Gasteiger partial charge is 0.257 e. The van der Waals surface area contributed by atoms with Crippen LogP contribution in [0.15, 0.2) is 42.5 Å². The number of amides is 3. The summed E-state index contributed by atoms with van der Waals surface area (Å²) in [7, 11) is 1.75. The fourth-order valence-electron chi connectivity index (χ4n) is 5.13. The van der Waals surface area contributed by atoms with Gasteiger partial charge in [0.15, 0.2) is 0 Å². The van der Waals surface area contributed by atoms with E-state index in [1.807, 2.05) is 0 Å². The number of likely N-dealkylation sites (N-methyl/N-ethyl adjacent to an activating group) is 1. The van der Waals surface area contributed by atoms with Crippen molar-refractivity contribution in [3.05, 3.63) is 59.4 Å². The Bertz CT molecular complexity index is 1180. The van der Waals surface area contributed by atoms with E-state index in [1.165, 1.54) is 6.07 Å². The number of nitrogens with one attached hydrogen (secondary N) is 2. The molecule has 0 radical (unpaired) electrons. The molecule has 2 N–H and O–H groups in total. The van der Waals surface area contributed by atoms with Crippen molar-refractivity contribution in [2.45, 2.75) is 63.3 Å². The van der Waals surface area contributed by atoms with Crippen LogP contribution in [-0.4, -0.2) is 54.5 Å². The minimum Gasteiger partial charge on any atom is -0.490 e. The summed E-state index contributed by atoms with van der Waals surface area (Å²) < 4.78 is 26.0. The number of halogens is 1. The molecule has 2 aromatic carbocycles. The maximum Gasteiger partial charge on any atom is 0.257 e. The van der Waals surface area contributed by atoms with Crippen LogP contribution in [0.4, 0.5) is 10.1 Å². The Morgan fingerprint density at radius 2 is 1.92 bits per heavy atom. The lowest BCUT2D eigenvalue weighted by Crippen LogP contribution is -2.53. The molecule has 3 atom stereocenters. The monoisotopic (exact) mass is 509 g/mol. The second kappa shape index (κ2) is 10.9. The molecule has 0 bridgehead atoms. The van der Waals surface area contributed by atoms with Gasteiger partial charge in [-0.25, -0.2) is 4.39 Å². The highest BCUT2D eigenvalue weighted by atomic mass is 19.1. The highest BCUT2D eigenvalue weighted by Crippen LogP contribution is 2.33. The third kappa shape index (κ3) is 5.61. The molecule has 0 unspecified atom stereocenters. The molecular formula is C28H32FN3O5. The topological polar surface area (TPSA) is 97.0 Å². The van der Waals surface area contributed by atoms with Crippen molar-refractivity contribution in [2.75, 3.05) is 19.0 Å². The SMILES string of the molecule is CN1C(=O)c2cc(NC(=O)C3CCC3)ccc2OC[C@H]2O[C@@H](CC(=O)NCc3ccccc3F)CC[C@H]21. The van der Waals surface area contributed by atoms with Crippen molar-refractivity contribution < 1.29 is 28.2 Å². The predicted octanol–water partition coefficient (Wildman–Crippen LogP) is 3.65. The lowest BCUT2D eigenvalue weighted by molar-refractivity contribution is -0.134. The van der Waals surface area contributed by atoms with E-state index in [-0.39, 0.29) is 61.2 Å². The lowest BCUT2D eigenvalue weighted by Gasteiger charge is -2.42. The molecule has 2 aliphatic heterocycles. The first-order valence-electron chi connectivity index (χ1n) is 12.9. The fraction of sp³-hybridized carbons (Fsp3) is 0.464. The van der Waals surface area contributed by atoms with Gasteiger partial charge in [-0.15, -0.1) is 0 Å². The van der Waals surface area contributed by atoms with E-state index >= 15 is 0 Å². The van der Waals surface area contributed by atoms with Crippen molar-refractivity contribution in [1.82, 2.24) is 10.2 Å². The maximum atomic E-state index is 13.8. The van der Waals surface area contributed by atoms with Crippen molar-refractivity contribution in [1.29, 1.82) is 0 Å².